The van der Waals surface area contributed by atoms with Crippen molar-refractivity contribution in [1.82, 2.24) is 10.3 Å². The first-order chi connectivity index (χ1) is 5.74. The molecule has 0 aliphatic heterocycles. The van der Waals surface area contributed by atoms with Crippen LogP contribution in [0.4, 0.5) is 8.78 Å². The fourth-order valence-electron chi connectivity index (χ4n) is 0.791. The Labute approximate surface area is 73.6 Å². The predicted octanol–water partition coefficient (Wildman–Crippen LogP) is 1.84. The largest absolute Gasteiger partial charge is 0.319 e. The number of rotatable bonds is 4. The van der Waals surface area contributed by atoms with Crippen LogP contribution >= 0.6 is 11.3 Å². The fraction of sp³-hybridized carbons (Fsp3) is 0.571. The maximum Gasteiger partial charge on any atom is 0.289 e. The molecule has 0 amide bonds. The van der Waals surface area contributed by atoms with E-state index < -0.39 is 6.43 Å². The van der Waals surface area contributed by atoms with Gasteiger partial charge in [-0.25, -0.2) is 13.8 Å². The summed E-state index contributed by atoms with van der Waals surface area (Å²) in [5.74, 6) is 0. The Balaban J connectivity index is 2.52. The second-order valence-electron chi connectivity index (χ2n) is 2.33. The lowest BCUT2D eigenvalue weighted by Gasteiger charge is -1.93. The number of nitrogens with one attached hydrogen (secondary N) is 1. The zero-order chi connectivity index (χ0) is 8.97. The van der Waals surface area contributed by atoms with Gasteiger partial charge in [0.2, 0.25) is 0 Å². The van der Waals surface area contributed by atoms with Crippen LogP contribution in [0.2, 0.25) is 0 Å². The molecule has 1 rings (SSSR count). The minimum absolute atomic E-state index is 0.0823. The van der Waals surface area contributed by atoms with Gasteiger partial charge in [-0.15, -0.1) is 11.3 Å². The highest BCUT2D eigenvalue weighted by Crippen LogP contribution is 2.22. The molecule has 0 aromatic carbocycles. The van der Waals surface area contributed by atoms with Crippen LogP contribution in [-0.2, 0) is 6.42 Å². The van der Waals surface area contributed by atoms with E-state index in [1.54, 1.807) is 5.38 Å². The monoisotopic (exact) mass is 192 g/mol. The summed E-state index contributed by atoms with van der Waals surface area (Å²) in [5, 5.41) is 4.53. The highest BCUT2D eigenvalue weighted by molar-refractivity contribution is 7.09. The van der Waals surface area contributed by atoms with Crippen LogP contribution in [0.15, 0.2) is 5.38 Å². The van der Waals surface area contributed by atoms with Gasteiger partial charge in [-0.2, -0.15) is 0 Å². The summed E-state index contributed by atoms with van der Waals surface area (Å²) in [6, 6.07) is 0. The molecule has 0 saturated heterocycles. The molecule has 0 saturated carbocycles. The predicted molar refractivity (Wildman–Crippen MR) is 44.7 cm³/mol. The summed E-state index contributed by atoms with van der Waals surface area (Å²) in [7, 11) is 1.82. The standard InChI is InChI=1S/C7H10F2N2S/c1-10-3-2-5-4-12-7(11-5)6(8)9/h4,6,10H,2-3H2,1H3. The molecule has 0 fully saturated rings. The number of nitrogens with zero attached hydrogens (tertiary/aromatic N) is 1. The molecule has 0 unspecified atom stereocenters. The van der Waals surface area contributed by atoms with Crippen LogP contribution in [0.25, 0.3) is 0 Å². The SMILES string of the molecule is CNCCc1csc(C(F)F)n1. The van der Waals surface area contributed by atoms with E-state index in [1.807, 2.05) is 7.05 Å². The molecule has 0 radical (unpaired) electrons. The van der Waals surface area contributed by atoms with Crippen molar-refractivity contribution in [2.24, 2.45) is 0 Å². The molecule has 1 aromatic rings. The Hall–Kier alpha value is -0.550. The van der Waals surface area contributed by atoms with Crippen LogP contribution in [0.1, 0.15) is 17.1 Å². The number of hydrogen-bond donors (Lipinski definition) is 1. The van der Waals surface area contributed by atoms with Gasteiger partial charge in [-0.1, -0.05) is 0 Å². The average Bonchev–Trinajstić information content (AvgIpc) is 2.48. The first-order valence-electron chi connectivity index (χ1n) is 3.61. The molecule has 0 bridgehead atoms. The maximum absolute atomic E-state index is 12.0. The smallest absolute Gasteiger partial charge is 0.289 e. The lowest BCUT2D eigenvalue weighted by atomic mass is 10.3. The Morgan fingerprint density at radius 3 is 2.92 bits per heavy atom. The van der Waals surface area contributed by atoms with Gasteiger partial charge in [0.05, 0.1) is 5.69 Å². The third kappa shape index (κ3) is 2.49. The van der Waals surface area contributed by atoms with Gasteiger partial charge >= 0.3 is 0 Å². The lowest BCUT2D eigenvalue weighted by molar-refractivity contribution is 0.150. The van der Waals surface area contributed by atoms with Crippen LogP contribution in [-0.4, -0.2) is 18.6 Å². The van der Waals surface area contributed by atoms with E-state index in [4.69, 9.17) is 0 Å². The van der Waals surface area contributed by atoms with Gasteiger partial charge in [-0.3, -0.25) is 0 Å². The maximum atomic E-state index is 12.0. The quantitative estimate of drug-likeness (QED) is 0.787. The van der Waals surface area contributed by atoms with E-state index >= 15 is 0 Å². The van der Waals surface area contributed by atoms with Gasteiger partial charge in [0.15, 0.2) is 5.01 Å². The van der Waals surface area contributed by atoms with Gasteiger partial charge in [0.1, 0.15) is 0 Å². The Morgan fingerprint density at radius 1 is 1.67 bits per heavy atom. The molecular formula is C7H10F2N2S. The number of aromatic nitrogens is 1. The molecular weight excluding hydrogens is 182 g/mol. The zero-order valence-corrected chi connectivity index (χ0v) is 7.50. The second kappa shape index (κ2) is 4.47. The molecule has 1 heterocycles. The molecule has 5 heteroatoms. The van der Waals surface area contributed by atoms with Crippen molar-refractivity contribution in [2.75, 3.05) is 13.6 Å². The van der Waals surface area contributed by atoms with Crippen LogP contribution in [0.3, 0.4) is 0 Å². The molecule has 0 atom stereocenters. The fourth-order valence-corrected chi connectivity index (χ4v) is 1.49. The van der Waals surface area contributed by atoms with E-state index in [-0.39, 0.29) is 5.01 Å². The Morgan fingerprint density at radius 2 is 2.42 bits per heavy atom. The molecule has 0 aliphatic rings. The molecule has 2 nitrogen and oxygen atoms in total. The van der Waals surface area contributed by atoms with Gasteiger partial charge < -0.3 is 5.32 Å². The van der Waals surface area contributed by atoms with Gasteiger partial charge in [-0.05, 0) is 7.05 Å². The number of likely N-dealkylation sites (N-methyl/N-ethyl adjacent to an activating group) is 1. The van der Waals surface area contributed by atoms with E-state index in [1.165, 1.54) is 0 Å². The lowest BCUT2D eigenvalue weighted by Crippen LogP contribution is -2.10. The number of alkyl halides is 2. The van der Waals surface area contributed by atoms with Crippen molar-refractivity contribution in [3.63, 3.8) is 0 Å². The van der Waals surface area contributed by atoms with Gasteiger partial charge in [0, 0.05) is 18.3 Å². The van der Waals surface area contributed by atoms with Crippen LogP contribution < -0.4 is 5.32 Å². The molecule has 0 aliphatic carbocycles. The van der Waals surface area contributed by atoms with Crippen molar-refractivity contribution in [3.8, 4) is 0 Å². The summed E-state index contributed by atoms with van der Waals surface area (Å²) < 4.78 is 24.1. The minimum Gasteiger partial charge on any atom is -0.319 e. The summed E-state index contributed by atoms with van der Waals surface area (Å²) in [6.45, 7) is 0.770. The summed E-state index contributed by atoms with van der Waals surface area (Å²) in [6.07, 6.45) is -1.72. The number of halogens is 2. The molecule has 1 aromatic heterocycles. The molecule has 68 valence electrons. The molecule has 1 N–H and O–H groups in total. The van der Waals surface area contributed by atoms with Crippen molar-refractivity contribution < 1.29 is 8.78 Å². The second-order valence-corrected chi connectivity index (χ2v) is 3.22. The summed E-state index contributed by atoms with van der Waals surface area (Å²) >= 11 is 1.02. The zero-order valence-electron chi connectivity index (χ0n) is 6.68. The van der Waals surface area contributed by atoms with Crippen molar-refractivity contribution >= 4 is 11.3 Å². The minimum atomic E-state index is -2.43. The topological polar surface area (TPSA) is 24.9 Å². The van der Waals surface area contributed by atoms with Crippen molar-refractivity contribution in [2.45, 2.75) is 12.8 Å². The first-order valence-corrected chi connectivity index (χ1v) is 4.49. The van der Waals surface area contributed by atoms with Crippen LogP contribution in [0, 0.1) is 0 Å². The van der Waals surface area contributed by atoms with E-state index in [9.17, 15) is 8.78 Å². The third-order valence-corrected chi connectivity index (χ3v) is 2.29. The molecule has 12 heavy (non-hydrogen) atoms. The van der Waals surface area contributed by atoms with E-state index in [0.29, 0.717) is 6.42 Å². The van der Waals surface area contributed by atoms with Crippen molar-refractivity contribution in [1.29, 1.82) is 0 Å². The highest BCUT2D eigenvalue weighted by Gasteiger charge is 2.11. The van der Waals surface area contributed by atoms with Gasteiger partial charge in [0.25, 0.3) is 6.43 Å². The van der Waals surface area contributed by atoms with E-state index in [2.05, 4.69) is 10.3 Å². The molecule has 0 spiro atoms. The Kier molecular flexibility index (Phi) is 3.55. The Bertz CT molecular complexity index is 237. The van der Waals surface area contributed by atoms with Crippen molar-refractivity contribution in [3.05, 3.63) is 16.1 Å². The average molecular weight is 192 g/mol. The van der Waals surface area contributed by atoms with E-state index in [0.717, 1.165) is 23.6 Å². The normalized spacial score (nSPS) is 11.0. The highest BCUT2D eigenvalue weighted by atomic mass is 32.1. The number of thiazole rings is 1. The first kappa shape index (κ1) is 9.54. The summed E-state index contributed by atoms with van der Waals surface area (Å²) in [5.41, 5.74) is 0.740. The number of hydrogen-bond acceptors (Lipinski definition) is 3. The summed E-state index contributed by atoms with van der Waals surface area (Å²) in [4.78, 5) is 3.78. The third-order valence-electron chi connectivity index (χ3n) is 1.39. The van der Waals surface area contributed by atoms with Crippen LogP contribution in [0.5, 0.6) is 0 Å².